The Hall–Kier alpha value is -3.32. The van der Waals surface area contributed by atoms with Crippen molar-refractivity contribution in [3.63, 3.8) is 0 Å². The summed E-state index contributed by atoms with van der Waals surface area (Å²) in [5, 5.41) is 27.3. The molecule has 0 aliphatic heterocycles. The molecule has 0 atom stereocenters. The van der Waals surface area contributed by atoms with Crippen LogP contribution in [0.2, 0.25) is 0 Å². The molecule has 1 heterocycles. The van der Waals surface area contributed by atoms with Crippen LogP contribution in [0.4, 0.5) is 10.2 Å². The van der Waals surface area contributed by atoms with Gasteiger partial charge < -0.3 is 15.8 Å². The number of nitrogens with zero attached hydrogens (tertiary/aromatic N) is 2. The summed E-state index contributed by atoms with van der Waals surface area (Å²) < 4.78 is 13.9. The standard InChI is InChI=1S/C13H7FN4O2/c14-10-3-6(19)1-2-7(10)11-8(4-15)12(17)18-13(20)9(11)5-16/h1-3,19H,(H3,17,18,20). The molecule has 0 radical (unpaired) electrons. The van der Waals surface area contributed by atoms with Crippen LogP contribution in [0.3, 0.4) is 0 Å². The third-order valence-electron chi connectivity index (χ3n) is 2.69. The summed E-state index contributed by atoms with van der Waals surface area (Å²) in [5.41, 5.74) is 3.74. The topological polar surface area (TPSA) is 127 Å². The number of aromatic amines is 1. The van der Waals surface area contributed by atoms with E-state index in [0.717, 1.165) is 6.07 Å². The molecule has 0 saturated carbocycles. The van der Waals surface area contributed by atoms with Gasteiger partial charge in [-0.2, -0.15) is 10.5 Å². The first-order chi connectivity index (χ1) is 9.49. The second-order valence-electron chi connectivity index (χ2n) is 3.88. The summed E-state index contributed by atoms with van der Waals surface area (Å²) in [6.45, 7) is 0. The van der Waals surface area contributed by atoms with Crippen molar-refractivity contribution in [2.45, 2.75) is 0 Å². The molecule has 1 aromatic carbocycles. The number of pyridine rings is 1. The first kappa shape index (κ1) is 13.1. The minimum absolute atomic E-state index is 0.159. The summed E-state index contributed by atoms with van der Waals surface area (Å²) >= 11 is 0. The number of phenols is 1. The van der Waals surface area contributed by atoms with Gasteiger partial charge in [0.1, 0.15) is 40.6 Å². The van der Waals surface area contributed by atoms with Gasteiger partial charge in [-0.3, -0.25) is 4.79 Å². The molecule has 0 aliphatic rings. The van der Waals surface area contributed by atoms with Gasteiger partial charge in [0.25, 0.3) is 5.56 Å². The van der Waals surface area contributed by atoms with Crippen LogP contribution in [0.5, 0.6) is 5.75 Å². The molecule has 0 spiro atoms. The SMILES string of the molecule is N#Cc1c(N)[nH]c(=O)c(C#N)c1-c1ccc(O)cc1F. The molecule has 6 nitrogen and oxygen atoms in total. The summed E-state index contributed by atoms with van der Waals surface area (Å²) in [4.78, 5) is 13.8. The Kier molecular flexibility index (Phi) is 3.11. The lowest BCUT2D eigenvalue weighted by molar-refractivity contribution is 0.469. The van der Waals surface area contributed by atoms with E-state index in [4.69, 9.17) is 16.3 Å². The summed E-state index contributed by atoms with van der Waals surface area (Å²) in [6, 6.07) is 6.52. The number of aromatic nitrogens is 1. The Bertz CT molecular complexity index is 843. The number of nitrogens with one attached hydrogen (secondary N) is 1. The normalized spacial score (nSPS) is 9.75. The van der Waals surface area contributed by atoms with E-state index in [1.165, 1.54) is 12.1 Å². The quantitative estimate of drug-likeness (QED) is 0.717. The van der Waals surface area contributed by atoms with E-state index in [1.807, 2.05) is 0 Å². The van der Waals surface area contributed by atoms with Crippen molar-refractivity contribution >= 4 is 5.82 Å². The molecule has 0 fully saturated rings. The number of hydrogen-bond acceptors (Lipinski definition) is 5. The smallest absolute Gasteiger partial charge is 0.268 e. The van der Waals surface area contributed by atoms with Crippen LogP contribution in [-0.2, 0) is 0 Å². The van der Waals surface area contributed by atoms with Gasteiger partial charge in [-0.05, 0) is 12.1 Å². The van der Waals surface area contributed by atoms with Crippen LogP contribution in [0.1, 0.15) is 11.1 Å². The van der Waals surface area contributed by atoms with Gasteiger partial charge in [0.15, 0.2) is 0 Å². The Morgan fingerprint density at radius 1 is 1.25 bits per heavy atom. The third-order valence-corrected chi connectivity index (χ3v) is 2.69. The number of nitrogens with two attached hydrogens (primary N) is 1. The summed E-state index contributed by atoms with van der Waals surface area (Å²) in [5.74, 6) is -1.44. The fourth-order valence-electron chi connectivity index (χ4n) is 1.82. The van der Waals surface area contributed by atoms with Gasteiger partial charge in [-0.1, -0.05) is 0 Å². The molecule has 2 rings (SSSR count). The van der Waals surface area contributed by atoms with Crippen LogP contribution in [0.15, 0.2) is 23.0 Å². The second-order valence-corrected chi connectivity index (χ2v) is 3.88. The molecule has 0 saturated heterocycles. The van der Waals surface area contributed by atoms with E-state index in [2.05, 4.69) is 4.98 Å². The number of phenolic OH excluding ortho intramolecular Hbond substituents is 1. The zero-order chi connectivity index (χ0) is 14.9. The Labute approximate surface area is 112 Å². The van der Waals surface area contributed by atoms with Crippen molar-refractivity contribution in [1.82, 2.24) is 4.98 Å². The molecule has 1 aromatic heterocycles. The fourth-order valence-corrected chi connectivity index (χ4v) is 1.82. The zero-order valence-corrected chi connectivity index (χ0v) is 9.94. The van der Waals surface area contributed by atoms with Crippen molar-refractivity contribution < 1.29 is 9.50 Å². The zero-order valence-electron chi connectivity index (χ0n) is 9.94. The highest BCUT2D eigenvalue weighted by Crippen LogP contribution is 2.31. The van der Waals surface area contributed by atoms with E-state index < -0.39 is 16.9 Å². The van der Waals surface area contributed by atoms with Crippen LogP contribution in [0.25, 0.3) is 11.1 Å². The Balaban J connectivity index is 2.97. The van der Waals surface area contributed by atoms with E-state index >= 15 is 0 Å². The number of nitriles is 2. The molecule has 0 bridgehead atoms. The van der Waals surface area contributed by atoms with Crippen molar-refractivity contribution in [2.24, 2.45) is 0 Å². The lowest BCUT2D eigenvalue weighted by Gasteiger charge is -2.09. The number of benzene rings is 1. The highest BCUT2D eigenvalue weighted by molar-refractivity contribution is 5.80. The molecule has 7 heteroatoms. The highest BCUT2D eigenvalue weighted by atomic mass is 19.1. The van der Waals surface area contributed by atoms with Gasteiger partial charge in [-0.25, -0.2) is 4.39 Å². The van der Waals surface area contributed by atoms with Gasteiger partial charge in [0.2, 0.25) is 0 Å². The number of anilines is 1. The molecule has 20 heavy (non-hydrogen) atoms. The van der Waals surface area contributed by atoms with Crippen molar-refractivity contribution in [3.8, 4) is 29.0 Å². The predicted octanol–water partition coefficient (Wildman–Crippen LogP) is 1.21. The van der Waals surface area contributed by atoms with Crippen LogP contribution in [0, 0.1) is 28.5 Å². The van der Waals surface area contributed by atoms with Gasteiger partial charge in [0, 0.05) is 17.2 Å². The first-order valence-electron chi connectivity index (χ1n) is 5.34. The maximum absolute atomic E-state index is 13.9. The van der Waals surface area contributed by atoms with Gasteiger partial charge in [-0.15, -0.1) is 0 Å². The third kappa shape index (κ3) is 1.93. The van der Waals surface area contributed by atoms with E-state index in [-0.39, 0.29) is 28.3 Å². The Morgan fingerprint density at radius 3 is 2.45 bits per heavy atom. The molecule has 0 amide bonds. The minimum Gasteiger partial charge on any atom is -0.508 e. The molecule has 2 aromatic rings. The summed E-state index contributed by atoms with van der Waals surface area (Å²) in [7, 11) is 0. The molecule has 98 valence electrons. The molecule has 4 N–H and O–H groups in total. The maximum atomic E-state index is 13.9. The number of H-pyrrole nitrogens is 1. The van der Waals surface area contributed by atoms with E-state index in [9.17, 15) is 14.3 Å². The second kappa shape index (κ2) is 4.75. The van der Waals surface area contributed by atoms with Crippen molar-refractivity contribution in [1.29, 1.82) is 10.5 Å². The molecular weight excluding hydrogens is 263 g/mol. The molecule has 0 aliphatic carbocycles. The van der Waals surface area contributed by atoms with Crippen molar-refractivity contribution in [3.05, 3.63) is 45.5 Å². The highest BCUT2D eigenvalue weighted by Gasteiger charge is 2.20. The van der Waals surface area contributed by atoms with Gasteiger partial charge in [0.05, 0.1) is 0 Å². The first-order valence-corrected chi connectivity index (χ1v) is 5.34. The number of nitrogen functional groups attached to an aromatic ring is 1. The number of hydrogen-bond donors (Lipinski definition) is 3. The number of halogens is 1. The average Bonchev–Trinajstić information content (AvgIpc) is 2.38. The maximum Gasteiger partial charge on any atom is 0.268 e. The lowest BCUT2D eigenvalue weighted by Crippen LogP contribution is -2.16. The monoisotopic (exact) mass is 270 g/mol. The van der Waals surface area contributed by atoms with Crippen LogP contribution < -0.4 is 11.3 Å². The summed E-state index contributed by atoms with van der Waals surface area (Å²) in [6.07, 6.45) is 0. The van der Waals surface area contributed by atoms with Gasteiger partial charge >= 0.3 is 0 Å². The fraction of sp³-hybridized carbons (Fsp3) is 0. The van der Waals surface area contributed by atoms with Crippen LogP contribution in [-0.4, -0.2) is 10.1 Å². The largest absolute Gasteiger partial charge is 0.508 e. The predicted molar refractivity (Wildman–Crippen MR) is 68.0 cm³/mol. The average molecular weight is 270 g/mol. The van der Waals surface area contributed by atoms with E-state index in [1.54, 1.807) is 12.1 Å². The van der Waals surface area contributed by atoms with Crippen LogP contribution >= 0.6 is 0 Å². The van der Waals surface area contributed by atoms with Crippen molar-refractivity contribution in [2.75, 3.05) is 5.73 Å². The van der Waals surface area contributed by atoms with E-state index in [0.29, 0.717) is 0 Å². The number of aromatic hydroxyl groups is 1. The minimum atomic E-state index is -0.872. The Morgan fingerprint density at radius 2 is 1.90 bits per heavy atom. The number of rotatable bonds is 1. The molecular formula is C13H7FN4O2. The molecule has 0 unspecified atom stereocenters. The lowest BCUT2D eigenvalue weighted by atomic mass is 9.96.